The van der Waals surface area contributed by atoms with Gasteiger partial charge in [-0.25, -0.2) is 8.42 Å². The summed E-state index contributed by atoms with van der Waals surface area (Å²) < 4.78 is 72.9. The smallest absolute Gasteiger partial charge is 0.406 e. The minimum Gasteiger partial charge on any atom is -0.406 e. The number of hydrogen-bond donors (Lipinski definition) is 0. The maximum absolute atomic E-state index is 12.8. The van der Waals surface area contributed by atoms with Crippen molar-refractivity contribution in [1.29, 1.82) is 0 Å². The summed E-state index contributed by atoms with van der Waals surface area (Å²) in [6, 6.07) is 13.5. The number of benzene rings is 2. The normalized spacial score (nSPS) is 16.4. The number of ether oxygens (including phenoxy) is 1. The molecule has 2 heterocycles. The second kappa shape index (κ2) is 8.31. The molecule has 1 aliphatic rings. The first kappa shape index (κ1) is 21.3. The number of piperidine rings is 1. The largest absolute Gasteiger partial charge is 0.573 e. The van der Waals surface area contributed by atoms with Crippen LogP contribution in [-0.2, 0) is 10.0 Å². The fourth-order valence-electron chi connectivity index (χ4n) is 3.41. The van der Waals surface area contributed by atoms with E-state index in [1.165, 1.54) is 4.31 Å². The summed E-state index contributed by atoms with van der Waals surface area (Å²) in [6.07, 6.45) is -3.85. The molecule has 0 unspecified atom stereocenters. The number of sulfonamides is 1. The van der Waals surface area contributed by atoms with E-state index in [9.17, 15) is 21.6 Å². The molecule has 1 fully saturated rings. The van der Waals surface area contributed by atoms with Crippen LogP contribution >= 0.6 is 0 Å². The zero-order chi connectivity index (χ0) is 22.1. The average Bonchev–Trinajstić information content (AvgIpc) is 3.24. The molecular formula is C20H18F3N3O4S. The topological polar surface area (TPSA) is 85.5 Å². The number of aromatic nitrogens is 2. The Balaban J connectivity index is 1.41. The quantitative estimate of drug-likeness (QED) is 0.576. The van der Waals surface area contributed by atoms with E-state index >= 15 is 0 Å². The lowest BCUT2D eigenvalue weighted by Gasteiger charge is -2.29. The van der Waals surface area contributed by atoms with Crippen LogP contribution in [-0.4, -0.2) is 42.3 Å². The molecule has 0 saturated carbocycles. The molecule has 1 aromatic heterocycles. The van der Waals surface area contributed by atoms with Crippen LogP contribution in [0.4, 0.5) is 13.2 Å². The first-order valence-corrected chi connectivity index (χ1v) is 10.9. The zero-order valence-electron chi connectivity index (χ0n) is 16.1. The van der Waals surface area contributed by atoms with Gasteiger partial charge in [0.1, 0.15) is 5.75 Å². The SMILES string of the molecule is O=S(=O)(c1ccc(OC(F)(F)F)cc1)N1CCC(c2nc(-c3ccccc3)no2)CC1. The van der Waals surface area contributed by atoms with Crippen molar-refractivity contribution in [3.63, 3.8) is 0 Å². The molecular weight excluding hydrogens is 435 g/mol. The van der Waals surface area contributed by atoms with Gasteiger partial charge in [-0.2, -0.15) is 9.29 Å². The maximum Gasteiger partial charge on any atom is 0.573 e. The van der Waals surface area contributed by atoms with Gasteiger partial charge in [0.15, 0.2) is 0 Å². The van der Waals surface area contributed by atoms with Crippen LogP contribution < -0.4 is 4.74 Å². The highest BCUT2D eigenvalue weighted by Gasteiger charge is 2.33. The standard InChI is InChI=1S/C20H18F3N3O4S/c21-20(22,23)29-16-6-8-17(9-7-16)31(27,28)26-12-10-15(11-13-26)19-24-18(25-30-19)14-4-2-1-3-5-14/h1-9,15H,10-13H2. The third kappa shape index (κ3) is 4.88. The van der Waals surface area contributed by atoms with Gasteiger partial charge in [-0.05, 0) is 37.1 Å². The molecule has 1 saturated heterocycles. The van der Waals surface area contributed by atoms with E-state index in [1.807, 2.05) is 30.3 Å². The summed E-state index contributed by atoms with van der Waals surface area (Å²) in [5, 5.41) is 4.00. The Morgan fingerprint density at radius 1 is 1.00 bits per heavy atom. The van der Waals surface area contributed by atoms with E-state index in [2.05, 4.69) is 14.9 Å². The molecule has 0 spiro atoms. The molecule has 0 N–H and O–H groups in total. The lowest BCUT2D eigenvalue weighted by Crippen LogP contribution is -2.37. The number of nitrogens with zero attached hydrogens (tertiary/aromatic N) is 3. The lowest BCUT2D eigenvalue weighted by molar-refractivity contribution is -0.274. The third-order valence-corrected chi connectivity index (χ3v) is 6.88. The van der Waals surface area contributed by atoms with Crippen molar-refractivity contribution < 1.29 is 30.8 Å². The molecule has 31 heavy (non-hydrogen) atoms. The average molecular weight is 453 g/mol. The monoisotopic (exact) mass is 453 g/mol. The summed E-state index contributed by atoms with van der Waals surface area (Å²) in [4.78, 5) is 4.34. The highest BCUT2D eigenvalue weighted by Crippen LogP contribution is 2.32. The van der Waals surface area contributed by atoms with Gasteiger partial charge in [0.2, 0.25) is 21.7 Å². The zero-order valence-corrected chi connectivity index (χ0v) is 16.9. The Morgan fingerprint density at radius 3 is 2.26 bits per heavy atom. The van der Waals surface area contributed by atoms with Gasteiger partial charge in [-0.3, -0.25) is 0 Å². The highest BCUT2D eigenvalue weighted by atomic mass is 32.2. The molecule has 11 heteroatoms. The van der Waals surface area contributed by atoms with Crippen molar-refractivity contribution >= 4 is 10.0 Å². The van der Waals surface area contributed by atoms with Crippen LogP contribution in [0.5, 0.6) is 5.75 Å². The third-order valence-electron chi connectivity index (χ3n) is 4.97. The summed E-state index contributed by atoms with van der Waals surface area (Å²) in [5.74, 6) is 0.395. The Hall–Kier alpha value is -2.92. The number of hydrogen-bond acceptors (Lipinski definition) is 6. The van der Waals surface area contributed by atoms with Crippen molar-refractivity contribution in [2.75, 3.05) is 13.1 Å². The number of alkyl halides is 3. The van der Waals surface area contributed by atoms with Crippen LogP contribution in [0.1, 0.15) is 24.7 Å². The molecule has 2 aromatic carbocycles. The van der Waals surface area contributed by atoms with E-state index in [4.69, 9.17) is 4.52 Å². The molecule has 0 bridgehead atoms. The van der Waals surface area contributed by atoms with E-state index in [0.29, 0.717) is 24.6 Å². The second-order valence-corrected chi connectivity index (χ2v) is 8.96. The van der Waals surface area contributed by atoms with Crippen LogP contribution in [0, 0.1) is 0 Å². The number of halogens is 3. The molecule has 4 rings (SSSR count). The molecule has 3 aromatic rings. The highest BCUT2D eigenvalue weighted by molar-refractivity contribution is 7.89. The van der Waals surface area contributed by atoms with Gasteiger partial charge in [0, 0.05) is 24.6 Å². The maximum atomic E-state index is 12.8. The van der Waals surface area contributed by atoms with E-state index in [0.717, 1.165) is 29.8 Å². The van der Waals surface area contributed by atoms with Crippen molar-refractivity contribution in [2.45, 2.75) is 30.0 Å². The summed E-state index contributed by atoms with van der Waals surface area (Å²) >= 11 is 0. The first-order valence-electron chi connectivity index (χ1n) is 9.47. The molecule has 7 nitrogen and oxygen atoms in total. The predicted octanol–water partition coefficient (Wildman–Crippen LogP) is 4.20. The van der Waals surface area contributed by atoms with Crippen LogP contribution in [0.25, 0.3) is 11.4 Å². The fraction of sp³-hybridized carbons (Fsp3) is 0.300. The fourth-order valence-corrected chi connectivity index (χ4v) is 4.88. The predicted molar refractivity (Wildman–Crippen MR) is 104 cm³/mol. The van der Waals surface area contributed by atoms with Gasteiger partial charge in [0.25, 0.3) is 0 Å². The van der Waals surface area contributed by atoms with Crippen molar-refractivity contribution in [2.24, 2.45) is 0 Å². The van der Waals surface area contributed by atoms with Gasteiger partial charge in [-0.1, -0.05) is 35.5 Å². The molecule has 1 aliphatic heterocycles. The molecule has 164 valence electrons. The van der Waals surface area contributed by atoms with Crippen LogP contribution in [0.2, 0.25) is 0 Å². The summed E-state index contributed by atoms with van der Waals surface area (Å²) in [5.41, 5.74) is 0.829. The van der Waals surface area contributed by atoms with Crippen molar-refractivity contribution in [3.05, 3.63) is 60.5 Å². The molecule has 0 radical (unpaired) electrons. The van der Waals surface area contributed by atoms with Gasteiger partial charge < -0.3 is 9.26 Å². The van der Waals surface area contributed by atoms with Gasteiger partial charge in [0.05, 0.1) is 4.90 Å². The Morgan fingerprint density at radius 2 is 1.65 bits per heavy atom. The summed E-state index contributed by atoms with van der Waals surface area (Å²) in [7, 11) is -3.84. The van der Waals surface area contributed by atoms with Gasteiger partial charge in [-0.15, -0.1) is 13.2 Å². The Labute approximate surface area is 176 Å². The molecule has 0 amide bonds. The Kier molecular flexibility index (Phi) is 5.71. The molecule has 0 aliphatic carbocycles. The summed E-state index contributed by atoms with van der Waals surface area (Å²) in [6.45, 7) is 0.466. The van der Waals surface area contributed by atoms with Gasteiger partial charge >= 0.3 is 6.36 Å². The van der Waals surface area contributed by atoms with Crippen LogP contribution in [0.15, 0.2) is 64.0 Å². The van der Waals surface area contributed by atoms with E-state index in [1.54, 1.807) is 0 Å². The van der Waals surface area contributed by atoms with Crippen LogP contribution in [0.3, 0.4) is 0 Å². The molecule has 0 atom stereocenters. The van der Waals surface area contributed by atoms with Crippen molar-refractivity contribution in [1.82, 2.24) is 14.4 Å². The first-order chi connectivity index (χ1) is 14.7. The second-order valence-electron chi connectivity index (χ2n) is 7.02. The Bertz CT molecular complexity index is 1120. The number of rotatable bonds is 5. The minimum atomic E-state index is -4.84. The minimum absolute atomic E-state index is 0.0704. The lowest BCUT2D eigenvalue weighted by atomic mass is 9.98. The van der Waals surface area contributed by atoms with E-state index < -0.39 is 22.1 Å². The van der Waals surface area contributed by atoms with Crippen molar-refractivity contribution in [3.8, 4) is 17.1 Å². The van der Waals surface area contributed by atoms with E-state index in [-0.39, 0.29) is 23.9 Å².